The minimum absolute atomic E-state index is 0.117. The van der Waals surface area contributed by atoms with Crippen molar-refractivity contribution >= 4 is 28.8 Å². The number of carbonyl (C=O) groups excluding carboxylic acids is 2. The average molecular weight is 479 g/mol. The highest BCUT2D eigenvalue weighted by atomic mass is 32.2. The van der Waals surface area contributed by atoms with Crippen LogP contribution in [0.5, 0.6) is 5.75 Å². The summed E-state index contributed by atoms with van der Waals surface area (Å²) >= 11 is 1.43. The van der Waals surface area contributed by atoms with Gasteiger partial charge in [0.15, 0.2) is 5.17 Å². The van der Waals surface area contributed by atoms with Crippen LogP contribution < -0.4 is 10.1 Å². The number of aliphatic imine (C=N–C) groups is 1. The Kier molecular flexibility index (Phi) is 7.32. The van der Waals surface area contributed by atoms with Crippen molar-refractivity contribution in [2.24, 2.45) is 4.99 Å². The average Bonchev–Trinajstić information content (AvgIpc) is 3.25. The van der Waals surface area contributed by atoms with Crippen molar-refractivity contribution in [1.29, 1.82) is 0 Å². The number of nitrogens with zero attached hydrogens (tertiary/aromatic N) is 3. The Morgan fingerprint density at radius 1 is 1.15 bits per heavy atom. The molecule has 34 heavy (non-hydrogen) atoms. The van der Waals surface area contributed by atoms with Gasteiger partial charge in [0.25, 0.3) is 0 Å². The van der Waals surface area contributed by atoms with Gasteiger partial charge in [0.05, 0.1) is 38.0 Å². The van der Waals surface area contributed by atoms with E-state index in [9.17, 15) is 9.59 Å². The van der Waals surface area contributed by atoms with Crippen LogP contribution in [0.15, 0.2) is 76.0 Å². The third-order valence-electron chi connectivity index (χ3n) is 5.61. The number of pyridine rings is 1. The zero-order chi connectivity index (χ0) is 24.1. The Bertz CT molecular complexity index is 1180. The lowest BCUT2D eigenvalue weighted by atomic mass is 9.93. The van der Waals surface area contributed by atoms with Crippen LogP contribution in [-0.2, 0) is 20.7 Å². The number of ether oxygens (including phenoxy) is 2. The molecule has 1 amide bonds. The summed E-state index contributed by atoms with van der Waals surface area (Å²) in [7, 11) is 2.95. The van der Waals surface area contributed by atoms with Gasteiger partial charge in [-0.3, -0.25) is 9.78 Å². The minimum Gasteiger partial charge on any atom is -0.496 e. The highest BCUT2D eigenvalue weighted by Crippen LogP contribution is 2.46. The molecule has 0 saturated carbocycles. The highest BCUT2D eigenvalue weighted by Gasteiger charge is 2.42. The number of allylic oxidation sites excluding steroid dienone is 1. The third-order valence-corrected chi connectivity index (χ3v) is 6.50. The molecule has 176 valence electrons. The number of hydrogen-bond acceptors (Lipinski definition) is 8. The zero-order valence-corrected chi connectivity index (χ0v) is 20.1. The lowest BCUT2D eigenvalue weighted by Gasteiger charge is -2.36. The topological polar surface area (TPSA) is 93.1 Å². The molecule has 1 N–H and O–H groups in total. The minimum atomic E-state index is -0.529. The maximum Gasteiger partial charge on any atom is 0.338 e. The van der Waals surface area contributed by atoms with Crippen LogP contribution in [-0.4, -0.2) is 47.7 Å². The van der Waals surface area contributed by atoms with Crippen molar-refractivity contribution in [3.05, 3.63) is 82.3 Å². The first-order valence-corrected chi connectivity index (χ1v) is 11.7. The number of hydrogen-bond donors (Lipinski definition) is 1. The lowest BCUT2D eigenvalue weighted by molar-refractivity contribution is -0.136. The molecule has 0 radical (unpaired) electrons. The summed E-state index contributed by atoms with van der Waals surface area (Å²) in [6.07, 6.45) is 2.53. The number of fused-ring (bicyclic) bond motifs is 1. The summed E-state index contributed by atoms with van der Waals surface area (Å²) in [6.45, 7) is 2.28. The smallest absolute Gasteiger partial charge is 0.338 e. The molecule has 3 heterocycles. The Hall–Kier alpha value is -3.59. The van der Waals surface area contributed by atoms with Crippen molar-refractivity contribution in [2.45, 2.75) is 25.8 Å². The molecule has 1 atom stereocenters. The molecular weight excluding hydrogens is 452 g/mol. The van der Waals surface area contributed by atoms with E-state index >= 15 is 0 Å². The number of amidine groups is 1. The number of esters is 1. The molecule has 1 aromatic carbocycles. The predicted molar refractivity (Wildman–Crippen MR) is 131 cm³/mol. The number of carbonyl (C=O) groups is 2. The molecule has 1 aromatic heterocycles. The fourth-order valence-electron chi connectivity index (χ4n) is 4.03. The molecule has 0 fully saturated rings. The van der Waals surface area contributed by atoms with Crippen LogP contribution in [0.1, 0.15) is 30.6 Å². The van der Waals surface area contributed by atoms with Gasteiger partial charge in [-0.25, -0.2) is 9.79 Å². The van der Waals surface area contributed by atoms with E-state index < -0.39 is 12.0 Å². The Morgan fingerprint density at radius 2 is 1.94 bits per heavy atom. The van der Waals surface area contributed by atoms with Gasteiger partial charge in [0.2, 0.25) is 5.91 Å². The van der Waals surface area contributed by atoms with Crippen LogP contribution in [0.25, 0.3) is 0 Å². The first kappa shape index (κ1) is 23.6. The lowest BCUT2D eigenvalue weighted by Crippen LogP contribution is -2.38. The zero-order valence-electron chi connectivity index (χ0n) is 19.3. The van der Waals surface area contributed by atoms with Gasteiger partial charge >= 0.3 is 5.97 Å². The SMILES string of the molecule is COC(=O)C1=C(C)N=C2SC=C(CC(=O)NCCc3ccccn3)N2[C@@H]1c1ccccc1OC. The van der Waals surface area contributed by atoms with E-state index in [-0.39, 0.29) is 12.3 Å². The number of methoxy groups -OCH3 is 2. The summed E-state index contributed by atoms with van der Waals surface area (Å²) < 4.78 is 10.7. The molecular formula is C25H26N4O4S. The van der Waals surface area contributed by atoms with Gasteiger partial charge < -0.3 is 19.7 Å². The largest absolute Gasteiger partial charge is 0.496 e. The van der Waals surface area contributed by atoms with Gasteiger partial charge in [-0.15, -0.1) is 0 Å². The quantitative estimate of drug-likeness (QED) is 0.580. The second-order valence-corrected chi connectivity index (χ2v) is 8.56. The maximum atomic E-state index is 12.8. The van der Waals surface area contributed by atoms with E-state index in [1.807, 2.05) is 52.8 Å². The molecule has 2 aliphatic heterocycles. The first-order chi connectivity index (χ1) is 16.5. The number of nitrogens with one attached hydrogen (secondary N) is 1. The van der Waals surface area contributed by atoms with Crippen LogP contribution in [0, 0.1) is 0 Å². The van der Waals surface area contributed by atoms with Crippen molar-refractivity contribution in [1.82, 2.24) is 15.2 Å². The summed E-state index contributed by atoms with van der Waals surface area (Å²) in [5.74, 6) is 0.0555. The third kappa shape index (κ3) is 4.84. The first-order valence-electron chi connectivity index (χ1n) is 10.9. The fraction of sp³-hybridized carbons (Fsp3) is 0.280. The number of thioether (sulfide) groups is 1. The highest BCUT2D eigenvalue weighted by molar-refractivity contribution is 8.16. The van der Waals surface area contributed by atoms with E-state index in [1.165, 1.54) is 18.9 Å². The summed E-state index contributed by atoms with van der Waals surface area (Å²) in [5.41, 5.74) is 3.46. The van der Waals surface area contributed by atoms with Crippen molar-refractivity contribution in [3.8, 4) is 5.75 Å². The van der Waals surface area contributed by atoms with E-state index in [0.29, 0.717) is 35.2 Å². The van der Waals surface area contributed by atoms with Crippen LogP contribution in [0.2, 0.25) is 0 Å². The van der Waals surface area contributed by atoms with Gasteiger partial charge in [-0.1, -0.05) is 36.0 Å². The van der Waals surface area contributed by atoms with Gasteiger partial charge in [-0.2, -0.15) is 0 Å². The summed E-state index contributed by atoms with van der Waals surface area (Å²) in [6, 6.07) is 12.7. The van der Waals surface area contributed by atoms with Gasteiger partial charge in [-0.05, 0) is 30.5 Å². The van der Waals surface area contributed by atoms with Crippen LogP contribution >= 0.6 is 11.8 Å². The van der Waals surface area contributed by atoms with Crippen molar-refractivity contribution < 1.29 is 19.1 Å². The monoisotopic (exact) mass is 478 g/mol. The Labute approximate surface area is 202 Å². The molecule has 0 unspecified atom stereocenters. The second kappa shape index (κ2) is 10.6. The number of benzene rings is 1. The normalized spacial score (nSPS) is 17.0. The van der Waals surface area contributed by atoms with Crippen LogP contribution in [0.3, 0.4) is 0 Å². The molecule has 0 spiro atoms. The Balaban J connectivity index is 1.58. The molecule has 2 aliphatic rings. The van der Waals surface area contributed by atoms with Crippen molar-refractivity contribution in [2.75, 3.05) is 20.8 Å². The molecule has 2 aromatic rings. The molecule has 4 rings (SSSR count). The van der Waals surface area contributed by atoms with Gasteiger partial charge in [0, 0.05) is 36.1 Å². The Morgan fingerprint density at radius 3 is 2.68 bits per heavy atom. The number of amides is 1. The maximum absolute atomic E-state index is 12.8. The number of aromatic nitrogens is 1. The fourth-order valence-corrected chi connectivity index (χ4v) is 4.99. The van der Waals surface area contributed by atoms with E-state index in [2.05, 4.69) is 15.3 Å². The van der Waals surface area contributed by atoms with E-state index in [4.69, 9.17) is 9.47 Å². The summed E-state index contributed by atoms with van der Waals surface area (Å²) in [5, 5.41) is 5.58. The van der Waals surface area contributed by atoms with E-state index in [1.54, 1.807) is 20.2 Å². The predicted octanol–water partition coefficient (Wildman–Crippen LogP) is 3.59. The van der Waals surface area contributed by atoms with Gasteiger partial charge in [0.1, 0.15) is 5.75 Å². The van der Waals surface area contributed by atoms with Crippen LogP contribution in [0.4, 0.5) is 0 Å². The second-order valence-electron chi connectivity index (χ2n) is 7.72. The number of rotatable bonds is 8. The standard InChI is InChI=1S/C25H26N4O4S/c1-16-22(24(31)33-3)23(19-9-4-5-10-20(19)32-2)29-18(15-34-25(29)28-16)14-21(30)27-13-11-17-8-6-7-12-26-17/h4-10,12,15,23H,11,13-14H2,1-3H3,(H,27,30)/t23-/m1/s1. The molecule has 0 bridgehead atoms. The molecule has 0 aliphatic carbocycles. The molecule has 0 saturated heterocycles. The van der Waals surface area contributed by atoms with E-state index in [0.717, 1.165) is 17.0 Å². The van der Waals surface area contributed by atoms with Crippen molar-refractivity contribution in [3.63, 3.8) is 0 Å². The summed E-state index contributed by atoms with van der Waals surface area (Å²) in [4.78, 5) is 36.5. The number of para-hydroxylation sites is 1. The molecule has 9 heteroatoms. The molecule has 8 nitrogen and oxygen atoms in total.